The standard InChI is InChI=1S/C22H17Cl2NOS/c1-27-18-12-6-15(7-13-18)14-25-21(26)19-4-2-3-5-20(19)22(25,24)16-8-10-17(23)11-9-16/h2-13H,14H2,1H3. The molecule has 1 atom stereocenters. The second kappa shape index (κ2) is 7.23. The number of carbonyl (C=O) groups is 1. The highest BCUT2D eigenvalue weighted by atomic mass is 35.5. The van der Waals surface area contributed by atoms with Gasteiger partial charge in [-0.3, -0.25) is 4.79 Å². The molecule has 3 aromatic carbocycles. The third-order valence-corrected chi connectivity index (χ3v) is 6.48. The molecule has 0 saturated heterocycles. The zero-order valence-electron chi connectivity index (χ0n) is 14.7. The van der Waals surface area contributed by atoms with Gasteiger partial charge in [-0.1, -0.05) is 65.7 Å². The predicted octanol–water partition coefficient (Wildman–Crippen LogP) is 6.16. The molecular weight excluding hydrogens is 397 g/mol. The van der Waals surface area contributed by atoms with Gasteiger partial charge in [-0.05, 0) is 47.7 Å². The zero-order valence-corrected chi connectivity index (χ0v) is 17.0. The van der Waals surface area contributed by atoms with Crippen molar-refractivity contribution >= 4 is 40.9 Å². The number of nitrogens with zero attached hydrogens (tertiary/aromatic N) is 1. The van der Waals surface area contributed by atoms with Crippen LogP contribution < -0.4 is 0 Å². The number of benzene rings is 3. The van der Waals surface area contributed by atoms with Crippen LogP contribution in [-0.2, 0) is 11.5 Å². The molecular formula is C22H17Cl2NOS. The zero-order chi connectivity index (χ0) is 19.0. The van der Waals surface area contributed by atoms with E-state index in [1.807, 2.05) is 54.8 Å². The van der Waals surface area contributed by atoms with E-state index in [1.54, 1.807) is 28.8 Å². The first-order chi connectivity index (χ1) is 13.0. The van der Waals surface area contributed by atoms with Gasteiger partial charge in [0.1, 0.15) is 0 Å². The molecule has 0 bridgehead atoms. The van der Waals surface area contributed by atoms with Gasteiger partial charge in [0.05, 0.1) is 0 Å². The molecule has 0 N–H and O–H groups in total. The maximum absolute atomic E-state index is 13.2. The first-order valence-corrected chi connectivity index (χ1v) is 10.5. The van der Waals surface area contributed by atoms with Crippen LogP contribution in [0.2, 0.25) is 5.02 Å². The smallest absolute Gasteiger partial charge is 0.256 e. The Kier molecular flexibility index (Phi) is 4.94. The number of carbonyl (C=O) groups excluding carboxylic acids is 1. The molecule has 136 valence electrons. The van der Waals surface area contributed by atoms with Crippen LogP contribution in [-0.4, -0.2) is 17.1 Å². The van der Waals surface area contributed by atoms with Gasteiger partial charge in [0, 0.05) is 27.6 Å². The number of hydrogen-bond donors (Lipinski definition) is 0. The second-order valence-electron chi connectivity index (χ2n) is 6.41. The molecule has 1 aliphatic heterocycles. The largest absolute Gasteiger partial charge is 0.307 e. The fourth-order valence-electron chi connectivity index (χ4n) is 3.47. The minimum Gasteiger partial charge on any atom is -0.307 e. The highest BCUT2D eigenvalue weighted by Crippen LogP contribution is 2.48. The van der Waals surface area contributed by atoms with Gasteiger partial charge in [-0.2, -0.15) is 0 Å². The van der Waals surface area contributed by atoms with E-state index in [-0.39, 0.29) is 5.91 Å². The molecule has 27 heavy (non-hydrogen) atoms. The fraction of sp³-hybridized carbons (Fsp3) is 0.136. The van der Waals surface area contributed by atoms with Crippen molar-refractivity contribution in [1.29, 1.82) is 0 Å². The van der Waals surface area contributed by atoms with Crippen molar-refractivity contribution < 1.29 is 4.79 Å². The van der Waals surface area contributed by atoms with Crippen molar-refractivity contribution in [1.82, 2.24) is 4.90 Å². The van der Waals surface area contributed by atoms with E-state index in [2.05, 4.69) is 12.1 Å². The van der Waals surface area contributed by atoms with Gasteiger partial charge in [-0.15, -0.1) is 11.8 Å². The lowest BCUT2D eigenvalue weighted by Gasteiger charge is -2.34. The van der Waals surface area contributed by atoms with Gasteiger partial charge in [0.25, 0.3) is 5.91 Å². The number of fused-ring (bicyclic) bond motifs is 1. The lowest BCUT2D eigenvalue weighted by Crippen LogP contribution is -2.39. The Hall–Kier alpha value is -1.94. The molecule has 0 aliphatic carbocycles. The Morgan fingerprint density at radius 3 is 2.30 bits per heavy atom. The van der Waals surface area contributed by atoms with E-state index in [0.717, 1.165) is 16.7 Å². The summed E-state index contributed by atoms with van der Waals surface area (Å²) in [6, 6.07) is 23.1. The fourth-order valence-corrected chi connectivity index (χ4v) is 4.43. The van der Waals surface area contributed by atoms with E-state index in [4.69, 9.17) is 23.2 Å². The molecule has 2 nitrogen and oxygen atoms in total. The molecule has 0 saturated carbocycles. The van der Waals surface area contributed by atoms with Gasteiger partial charge >= 0.3 is 0 Å². The summed E-state index contributed by atoms with van der Waals surface area (Å²) < 4.78 is 0. The average molecular weight is 414 g/mol. The first kappa shape index (κ1) is 18.4. The minimum atomic E-state index is -1.06. The molecule has 0 fully saturated rings. The van der Waals surface area contributed by atoms with E-state index >= 15 is 0 Å². The molecule has 4 rings (SSSR count). The molecule has 0 radical (unpaired) electrons. The maximum Gasteiger partial charge on any atom is 0.256 e. The summed E-state index contributed by atoms with van der Waals surface area (Å²) in [5.74, 6) is -0.0653. The second-order valence-corrected chi connectivity index (χ2v) is 8.28. The van der Waals surface area contributed by atoms with E-state index < -0.39 is 5.00 Å². The van der Waals surface area contributed by atoms with Crippen molar-refractivity contribution in [2.45, 2.75) is 16.4 Å². The molecule has 5 heteroatoms. The summed E-state index contributed by atoms with van der Waals surface area (Å²) in [5.41, 5.74) is 3.31. The van der Waals surface area contributed by atoms with Gasteiger partial charge in [0.15, 0.2) is 5.00 Å². The Morgan fingerprint density at radius 1 is 0.963 bits per heavy atom. The van der Waals surface area contributed by atoms with Crippen LogP contribution in [0.1, 0.15) is 27.0 Å². The van der Waals surface area contributed by atoms with Gasteiger partial charge in [0.2, 0.25) is 0 Å². The molecule has 1 unspecified atom stereocenters. The highest BCUT2D eigenvalue weighted by Gasteiger charge is 2.49. The minimum absolute atomic E-state index is 0.0653. The maximum atomic E-state index is 13.2. The van der Waals surface area contributed by atoms with Crippen molar-refractivity contribution in [3.05, 3.63) is 100 Å². The third kappa shape index (κ3) is 3.14. The normalized spacial score (nSPS) is 18.6. The van der Waals surface area contributed by atoms with Crippen LogP contribution >= 0.6 is 35.0 Å². The Balaban J connectivity index is 1.80. The number of halogens is 2. The summed E-state index contributed by atoms with van der Waals surface area (Å²) >= 11 is 15.0. The lowest BCUT2D eigenvalue weighted by molar-refractivity contribution is 0.0702. The first-order valence-electron chi connectivity index (χ1n) is 8.53. The van der Waals surface area contributed by atoms with Crippen molar-refractivity contribution in [3.63, 3.8) is 0 Å². The van der Waals surface area contributed by atoms with Crippen LogP contribution in [0.15, 0.2) is 77.7 Å². The number of thioether (sulfide) groups is 1. The Morgan fingerprint density at radius 2 is 1.63 bits per heavy atom. The molecule has 3 aromatic rings. The van der Waals surface area contributed by atoms with Crippen LogP contribution in [0.25, 0.3) is 0 Å². The van der Waals surface area contributed by atoms with Crippen molar-refractivity contribution in [3.8, 4) is 0 Å². The van der Waals surface area contributed by atoms with Crippen molar-refractivity contribution in [2.75, 3.05) is 6.26 Å². The highest BCUT2D eigenvalue weighted by molar-refractivity contribution is 7.98. The summed E-state index contributed by atoms with van der Waals surface area (Å²) in [5, 5.41) is 0.635. The van der Waals surface area contributed by atoms with Crippen LogP contribution in [0.4, 0.5) is 0 Å². The number of alkyl halides is 1. The molecule has 1 aliphatic rings. The molecule has 0 aromatic heterocycles. The van der Waals surface area contributed by atoms with Crippen LogP contribution in [0.3, 0.4) is 0 Å². The van der Waals surface area contributed by atoms with E-state index in [0.29, 0.717) is 17.1 Å². The van der Waals surface area contributed by atoms with E-state index in [1.165, 1.54) is 4.90 Å². The Labute approximate surface area is 173 Å². The van der Waals surface area contributed by atoms with Gasteiger partial charge < -0.3 is 4.90 Å². The summed E-state index contributed by atoms with van der Waals surface area (Å²) in [6.07, 6.45) is 2.04. The number of amides is 1. The Bertz CT molecular complexity index is 988. The number of hydrogen-bond acceptors (Lipinski definition) is 2. The van der Waals surface area contributed by atoms with E-state index in [9.17, 15) is 4.79 Å². The predicted molar refractivity (Wildman–Crippen MR) is 113 cm³/mol. The van der Waals surface area contributed by atoms with Crippen LogP contribution in [0.5, 0.6) is 0 Å². The van der Waals surface area contributed by atoms with Crippen LogP contribution in [0, 0.1) is 0 Å². The summed E-state index contributed by atoms with van der Waals surface area (Å²) in [4.78, 5) is 15.0. The van der Waals surface area contributed by atoms with Gasteiger partial charge in [-0.25, -0.2) is 0 Å². The SMILES string of the molecule is CSc1ccc(CN2C(=O)c3ccccc3C2(Cl)c2ccc(Cl)cc2)cc1. The topological polar surface area (TPSA) is 20.3 Å². The summed E-state index contributed by atoms with van der Waals surface area (Å²) in [7, 11) is 0. The lowest BCUT2D eigenvalue weighted by atomic mass is 9.97. The molecule has 1 amide bonds. The monoisotopic (exact) mass is 413 g/mol. The number of rotatable bonds is 4. The van der Waals surface area contributed by atoms with Crippen molar-refractivity contribution in [2.24, 2.45) is 0 Å². The molecule has 1 heterocycles. The third-order valence-electron chi connectivity index (χ3n) is 4.86. The quantitative estimate of drug-likeness (QED) is 0.290. The summed E-state index contributed by atoms with van der Waals surface area (Å²) in [6.45, 7) is 0.425. The molecule has 0 spiro atoms. The average Bonchev–Trinajstić information content (AvgIpc) is 2.92.